The molecule has 224 valence electrons. The molecule has 4 atom stereocenters. The summed E-state index contributed by atoms with van der Waals surface area (Å²) in [4.78, 5) is 23.8. The van der Waals surface area contributed by atoms with E-state index >= 15 is 0 Å². The Morgan fingerprint density at radius 2 is 1.74 bits per heavy atom. The van der Waals surface area contributed by atoms with E-state index in [-0.39, 0.29) is 35.9 Å². The summed E-state index contributed by atoms with van der Waals surface area (Å²) in [5.74, 6) is -0.211. The minimum atomic E-state index is -1.06. The lowest BCUT2D eigenvalue weighted by atomic mass is 9.91. The Bertz CT molecular complexity index is 1370. The first-order valence-electron chi connectivity index (χ1n) is 14.4. The molecule has 7 nitrogen and oxygen atoms in total. The fraction of sp³-hybridized carbons (Fsp3) is 0.394. The van der Waals surface area contributed by atoms with E-state index in [1.54, 1.807) is 34.2 Å². The number of aliphatic carboxylic acids is 1. The van der Waals surface area contributed by atoms with E-state index in [4.69, 9.17) is 14.9 Å². The predicted octanol–water partition coefficient (Wildman–Crippen LogP) is 6.94. The molecule has 2 aliphatic heterocycles. The van der Waals surface area contributed by atoms with Gasteiger partial charge in [-0.05, 0) is 80.1 Å². The number of hydroxylamine groups is 2. The first-order valence-corrected chi connectivity index (χ1v) is 14.4. The molecule has 9 heteroatoms. The summed E-state index contributed by atoms with van der Waals surface area (Å²) in [6.45, 7) is 5.97. The third-order valence-electron chi connectivity index (χ3n) is 7.79. The molecule has 4 rings (SSSR count). The molecule has 2 heterocycles. The van der Waals surface area contributed by atoms with Gasteiger partial charge in [0.15, 0.2) is 6.23 Å². The van der Waals surface area contributed by atoms with Crippen molar-refractivity contribution in [3.8, 4) is 0 Å². The van der Waals surface area contributed by atoms with Gasteiger partial charge in [-0.3, -0.25) is 9.69 Å². The molecule has 0 aliphatic carbocycles. The van der Waals surface area contributed by atoms with Crippen molar-refractivity contribution in [2.24, 2.45) is 10.9 Å². The molecule has 3 unspecified atom stereocenters. The lowest BCUT2D eigenvalue weighted by Gasteiger charge is -2.37. The summed E-state index contributed by atoms with van der Waals surface area (Å²) in [5, 5.41) is 22.4. The summed E-state index contributed by atoms with van der Waals surface area (Å²) in [5.41, 5.74) is 2.82. The van der Waals surface area contributed by atoms with Crippen LogP contribution in [0.1, 0.15) is 64.4 Å². The number of carbonyl (C=O) groups is 1. The van der Waals surface area contributed by atoms with Crippen molar-refractivity contribution in [2.75, 3.05) is 11.9 Å². The standard InChI is InChI=1S/C33H39F2N3O4/c1-5-26(22-11-13-23(34)14-12-22)30-20-29(37(4)42-30)21(3)19-28-27(6-2)33(41)38(25-17-15-24(35)16-18-25)31(36-28)9-7-8-10-32(39)40/h6,11-21,26,29,33,41H,5,7-10H2,1-4H3,(H,39,40)/b27-6?,28-19+/t21?,26?,29?,33-/m0/s1. The number of carboxylic acids is 1. The lowest BCUT2D eigenvalue weighted by Crippen LogP contribution is -2.45. The Kier molecular flexibility index (Phi) is 10.3. The molecule has 2 aromatic carbocycles. The highest BCUT2D eigenvalue weighted by Gasteiger charge is 2.35. The number of aliphatic imine (C=N–C) groups is 1. The molecule has 0 fully saturated rings. The summed E-state index contributed by atoms with van der Waals surface area (Å²) in [6, 6.07) is 12.2. The highest BCUT2D eigenvalue weighted by molar-refractivity contribution is 6.01. The summed E-state index contributed by atoms with van der Waals surface area (Å²) in [7, 11) is 1.88. The average Bonchev–Trinajstić information content (AvgIpc) is 3.34. The van der Waals surface area contributed by atoms with Crippen LogP contribution in [0.4, 0.5) is 14.5 Å². The second-order valence-corrected chi connectivity index (χ2v) is 10.7. The smallest absolute Gasteiger partial charge is 0.303 e. The normalized spacial score (nSPS) is 22.6. The van der Waals surface area contributed by atoms with Gasteiger partial charge >= 0.3 is 5.97 Å². The van der Waals surface area contributed by atoms with Crippen LogP contribution in [0, 0.1) is 17.6 Å². The number of aliphatic hydroxyl groups excluding tert-OH is 1. The number of nitrogens with zero attached hydrogens (tertiary/aromatic N) is 3. The van der Waals surface area contributed by atoms with E-state index in [0.717, 1.165) is 17.7 Å². The maximum atomic E-state index is 13.7. The molecule has 0 bridgehead atoms. The van der Waals surface area contributed by atoms with Crippen LogP contribution in [0.5, 0.6) is 0 Å². The molecule has 0 saturated heterocycles. The average molecular weight is 580 g/mol. The monoisotopic (exact) mass is 579 g/mol. The van der Waals surface area contributed by atoms with Gasteiger partial charge in [-0.2, -0.15) is 0 Å². The Morgan fingerprint density at radius 1 is 1.10 bits per heavy atom. The highest BCUT2D eigenvalue weighted by atomic mass is 19.1. The number of unbranched alkanes of at least 4 members (excludes halogenated alkanes) is 1. The molecule has 2 N–H and O–H groups in total. The van der Waals surface area contributed by atoms with Crippen LogP contribution in [0.2, 0.25) is 0 Å². The highest BCUT2D eigenvalue weighted by Crippen LogP contribution is 2.37. The molecule has 0 spiro atoms. The van der Waals surface area contributed by atoms with E-state index in [1.807, 2.05) is 26.1 Å². The van der Waals surface area contributed by atoms with Crippen molar-refractivity contribution in [1.29, 1.82) is 0 Å². The number of hydrogen-bond acceptors (Lipinski definition) is 6. The molecular weight excluding hydrogens is 540 g/mol. The largest absolute Gasteiger partial charge is 0.481 e. The van der Waals surface area contributed by atoms with E-state index < -0.39 is 12.2 Å². The van der Waals surface area contributed by atoms with Crippen LogP contribution in [0.15, 0.2) is 88.8 Å². The molecule has 0 radical (unpaired) electrons. The fourth-order valence-electron chi connectivity index (χ4n) is 5.57. The molecule has 0 aromatic heterocycles. The van der Waals surface area contributed by atoms with Gasteiger partial charge in [-0.1, -0.05) is 38.1 Å². The van der Waals surface area contributed by atoms with Gasteiger partial charge in [0.2, 0.25) is 0 Å². The maximum absolute atomic E-state index is 13.7. The van der Waals surface area contributed by atoms with Gasteiger partial charge in [0.1, 0.15) is 23.2 Å². The van der Waals surface area contributed by atoms with Gasteiger partial charge in [0, 0.05) is 37.1 Å². The van der Waals surface area contributed by atoms with Crippen LogP contribution in [-0.2, 0) is 9.63 Å². The summed E-state index contributed by atoms with van der Waals surface area (Å²) >= 11 is 0. The number of amidine groups is 1. The van der Waals surface area contributed by atoms with Gasteiger partial charge < -0.3 is 15.1 Å². The molecule has 2 aliphatic rings. The van der Waals surface area contributed by atoms with E-state index in [0.29, 0.717) is 42.1 Å². The Labute approximate surface area is 246 Å². The summed E-state index contributed by atoms with van der Waals surface area (Å²) in [6.07, 6.45) is 7.18. The minimum Gasteiger partial charge on any atom is -0.481 e. The number of benzene rings is 2. The van der Waals surface area contributed by atoms with Crippen LogP contribution in [-0.4, -0.2) is 46.4 Å². The van der Waals surface area contributed by atoms with Crippen molar-refractivity contribution >= 4 is 17.5 Å². The van der Waals surface area contributed by atoms with E-state index in [1.165, 1.54) is 24.3 Å². The SMILES string of the molecule is CC=C1/C(=C\C(C)C2C=C(C(CC)c3ccc(F)cc3)ON2C)N=C(CCCCC(=O)O)N(c2ccc(F)cc2)[C@H]1O. The number of rotatable bonds is 11. The number of allylic oxidation sites excluding steroid dienone is 2. The van der Waals surface area contributed by atoms with E-state index in [2.05, 4.69) is 19.9 Å². The Morgan fingerprint density at radius 3 is 2.33 bits per heavy atom. The Hall–Kier alpha value is -3.82. The number of likely N-dealkylation sites (N-methyl/N-ethyl adjacent to an activating group) is 1. The second-order valence-electron chi connectivity index (χ2n) is 10.7. The van der Waals surface area contributed by atoms with Crippen molar-refractivity contribution in [3.05, 3.63) is 101 Å². The lowest BCUT2D eigenvalue weighted by molar-refractivity contribution is -0.137. The number of aliphatic hydroxyl groups is 1. The molecule has 42 heavy (non-hydrogen) atoms. The zero-order valence-electron chi connectivity index (χ0n) is 24.5. The van der Waals surface area contributed by atoms with Crippen LogP contribution in [0.3, 0.4) is 0 Å². The molecule has 0 amide bonds. The van der Waals surface area contributed by atoms with Gasteiger partial charge in [0.25, 0.3) is 0 Å². The minimum absolute atomic E-state index is 0.0137. The van der Waals surface area contributed by atoms with Gasteiger partial charge in [-0.25, -0.2) is 13.8 Å². The number of halogens is 2. The maximum Gasteiger partial charge on any atom is 0.303 e. The molecule has 0 saturated carbocycles. The van der Waals surface area contributed by atoms with Gasteiger partial charge in [-0.15, -0.1) is 5.06 Å². The summed E-state index contributed by atoms with van der Waals surface area (Å²) < 4.78 is 27.2. The zero-order chi connectivity index (χ0) is 30.4. The first kappa shape index (κ1) is 31.1. The number of anilines is 1. The first-order chi connectivity index (χ1) is 20.1. The number of carboxylic acid groups (broad SMARTS) is 1. The topological polar surface area (TPSA) is 85.6 Å². The third kappa shape index (κ3) is 7.14. The van der Waals surface area contributed by atoms with Crippen LogP contribution < -0.4 is 4.90 Å². The van der Waals surface area contributed by atoms with Crippen molar-refractivity contribution in [3.63, 3.8) is 0 Å². The Balaban J connectivity index is 1.65. The van der Waals surface area contributed by atoms with Crippen molar-refractivity contribution in [1.82, 2.24) is 5.06 Å². The van der Waals surface area contributed by atoms with Crippen LogP contribution in [0.25, 0.3) is 0 Å². The molecular formula is C33H39F2N3O4. The zero-order valence-corrected chi connectivity index (χ0v) is 24.5. The predicted molar refractivity (Wildman–Crippen MR) is 160 cm³/mol. The van der Waals surface area contributed by atoms with Gasteiger partial charge in [0.05, 0.1) is 11.7 Å². The third-order valence-corrected chi connectivity index (χ3v) is 7.79. The van der Waals surface area contributed by atoms with E-state index in [9.17, 15) is 18.7 Å². The molecule has 2 aromatic rings. The van der Waals surface area contributed by atoms with Crippen molar-refractivity contribution < 1.29 is 28.6 Å². The fourth-order valence-corrected chi connectivity index (χ4v) is 5.57. The number of hydrogen-bond donors (Lipinski definition) is 2. The van der Waals surface area contributed by atoms with Crippen LogP contribution >= 0.6 is 0 Å². The quantitative estimate of drug-likeness (QED) is 0.281. The second kappa shape index (κ2) is 13.9. The van der Waals surface area contributed by atoms with Crippen molar-refractivity contribution in [2.45, 2.75) is 71.1 Å².